The highest BCUT2D eigenvalue weighted by atomic mass is 16.5. The maximum Gasteiger partial charge on any atom is 0.148 e. The number of amidine groups is 1. The van der Waals surface area contributed by atoms with Crippen LogP contribution in [-0.2, 0) is 4.74 Å². The average molecular weight is 237 g/mol. The normalized spacial score (nSPS) is 11.2. The highest BCUT2D eigenvalue weighted by Crippen LogP contribution is 2.15. The first-order valence-corrected chi connectivity index (χ1v) is 5.45. The van der Waals surface area contributed by atoms with Gasteiger partial charge in [0, 0.05) is 6.20 Å². The highest BCUT2D eigenvalue weighted by molar-refractivity contribution is 5.97. The molecule has 1 heterocycles. The molecule has 0 saturated heterocycles. The Hall–Kier alpha value is -1.62. The summed E-state index contributed by atoms with van der Waals surface area (Å²) < 4.78 is 11.0. The Kier molecular flexibility index (Phi) is 4.45. The molecule has 0 bridgehead atoms. The predicted octanol–water partition coefficient (Wildman–Crippen LogP) is 1.56. The number of nitrogens with zero attached hydrogens (tertiary/aromatic N) is 1. The fourth-order valence-electron chi connectivity index (χ4n) is 1.22. The van der Waals surface area contributed by atoms with Gasteiger partial charge in [0.1, 0.15) is 18.2 Å². The third-order valence-corrected chi connectivity index (χ3v) is 1.95. The standard InChI is InChI=1S/C12H19N3O2/c1-12(2,3)17-7-6-16-10-8-15-5-4-9(10)11(13)14/h4-5,8H,6-7H2,1-3H3,(H3,13,14). The van der Waals surface area contributed by atoms with E-state index in [2.05, 4.69) is 4.98 Å². The van der Waals surface area contributed by atoms with E-state index in [-0.39, 0.29) is 11.4 Å². The van der Waals surface area contributed by atoms with E-state index < -0.39 is 0 Å². The molecule has 0 spiro atoms. The topological polar surface area (TPSA) is 81.2 Å². The van der Waals surface area contributed by atoms with E-state index in [1.165, 1.54) is 0 Å². The first-order chi connectivity index (χ1) is 7.90. The number of hydrogen-bond donors (Lipinski definition) is 2. The van der Waals surface area contributed by atoms with Crippen molar-refractivity contribution < 1.29 is 9.47 Å². The number of nitrogen functional groups attached to an aromatic ring is 1. The summed E-state index contributed by atoms with van der Waals surface area (Å²) in [6.07, 6.45) is 3.13. The second-order valence-electron chi connectivity index (χ2n) is 4.59. The molecule has 94 valence electrons. The van der Waals surface area contributed by atoms with Crippen molar-refractivity contribution in [1.29, 1.82) is 5.41 Å². The van der Waals surface area contributed by atoms with Gasteiger partial charge in [-0.2, -0.15) is 0 Å². The van der Waals surface area contributed by atoms with Crippen LogP contribution in [-0.4, -0.2) is 29.6 Å². The summed E-state index contributed by atoms with van der Waals surface area (Å²) in [5, 5.41) is 7.39. The molecule has 0 saturated carbocycles. The van der Waals surface area contributed by atoms with Gasteiger partial charge in [-0.1, -0.05) is 0 Å². The second kappa shape index (κ2) is 5.63. The van der Waals surface area contributed by atoms with Gasteiger partial charge in [0.25, 0.3) is 0 Å². The zero-order chi connectivity index (χ0) is 12.9. The molecule has 0 aliphatic carbocycles. The van der Waals surface area contributed by atoms with Crippen LogP contribution in [0.25, 0.3) is 0 Å². The quantitative estimate of drug-likeness (QED) is 0.462. The van der Waals surface area contributed by atoms with E-state index in [1.54, 1.807) is 18.5 Å². The summed E-state index contributed by atoms with van der Waals surface area (Å²) in [5.41, 5.74) is 5.81. The molecule has 0 aromatic carbocycles. The van der Waals surface area contributed by atoms with E-state index in [9.17, 15) is 0 Å². The Bertz CT molecular complexity index is 386. The Balaban J connectivity index is 2.49. The monoisotopic (exact) mass is 237 g/mol. The lowest BCUT2D eigenvalue weighted by atomic mass is 10.2. The van der Waals surface area contributed by atoms with Gasteiger partial charge < -0.3 is 15.2 Å². The molecule has 17 heavy (non-hydrogen) atoms. The minimum atomic E-state index is -0.179. The van der Waals surface area contributed by atoms with Crippen LogP contribution in [0.15, 0.2) is 18.5 Å². The first kappa shape index (κ1) is 13.4. The van der Waals surface area contributed by atoms with Crippen molar-refractivity contribution in [1.82, 2.24) is 4.98 Å². The van der Waals surface area contributed by atoms with Gasteiger partial charge in [-0.3, -0.25) is 10.4 Å². The summed E-state index contributed by atoms with van der Waals surface area (Å²) in [6, 6.07) is 1.66. The first-order valence-electron chi connectivity index (χ1n) is 5.45. The van der Waals surface area contributed by atoms with Crippen LogP contribution in [0.5, 0.6) is 5.75 Å². The lowest BCUT2D eigenvalue weighted by Crippen LogP contribution is -2.23. The van der Waals surface area contributed by atoms with Crippen molar-refractivity contribution in [3.05, 3.63) is 24.0 Å². The van der Waals surface area contributed by atoms with E-state index in [1.807, 2.05) is 20.8 Å². The van der Waals surface area contributed by atoms with Crippen molar-refractivity contribution in [3.63, 3.8) is 0 Å². The lowest BCUT2D eigenvalue weighted by Gasteiger charge is -2.19. The van der Waals surface area contributed by atoms with Crippen LogP contribution >= 0.6 is 0 Å². The van der Waals surface area contributed by atoms with E-state index in [0.717, 1.165) is 0 Å². The van der Waals surface area contributed by atoms with Gasteiger partial charge in [0.15, 0.2) is 0 Å². The molecule has 0 unspecified atom stereocenters. The summed E-state index contributed by atoms with van der Waals surface area (Å²) in [5.74, 6) is 0.483. The molecule has 0 aliphatic heterocycles. The Morgan fingerprint density at radius 1 is 1.41 bits per heavy atom. The molecular weight excluding hydrogens is 218 g/mol. The maximum absolute atomic E-state index is 7.39. The minimum Gasteiger partial charge on any atom is -0.489 e. The Morgan fingerprint density at radius 2 is 2.12 bits per heavy atom. The zero-order valence-corrected chi connectivity index (χ0v) is 10.5. The summed E-state index contributed by atoms with van der Waals surface area (Å²) in [6.45, 7) is 6.84. The van der Waals surface area contributed by atoms with Gasteiger partial charge in [0.2, 0.25) is 0 Å². The number of rotatable bonds is 5. The zero-order valence-electron chi connectivity index (χ0n) is 10.5. The van der Waals surface area contributed by atoms with Gasteiger partial charge in [-0.05, 0) is 26.8 Å². The predicted molar refractivity (Wildman–Crippen MR) is 66.5 cm³/mol. The van der Waals surface area contributed by atoms with Crippen LogP contribution in [0.2, 0.25) is 0 Å². The van der Waals surface area contributed by atoms with E-state index in [4.69, 9.17) is 20.6 Å². The third-order valence-electron chi connectivity index (χ3n) is 1.95. The molecule has 0 radical (unpaired) electrons. The molecule has 0 atom stereocenters. The van der Waals surface area contributed by atoms with Crippen LogP contribution in [0.1, 0.15) is 26.3 Å². The number of nitrogens with one attached hydrogen (secondary N) is 1. The third kappa shape index (κ3) is 4.82. The Morgan fingerprint density at radius 3 is 2.71 bits per heavy atom. The van der Waals surface area contributed by atoms with Gasteiger partial charge in [0.05, 0.1) is 24.0 Å². The van der Waals surface area contributed by atoms with Crippen molar-refractivity contribution in [2.24, 2.45) is 5.73 Å². The van der Waals surface area contributed by atoms with E-state index in [0.29, 0.717) is 24.5 Å². The second-order valence-corrected chi connectivity index (χ2v) is 4.59. The highest BCUT2D eigenvalue weighted by Gasteiger charge is 2.10. The summed E-state index contributed by atoms with van der Waals surface area (Å²) in [7, 11) is 0. The van der Waals surface area contributed by atoms with Gasteiger partial charge in [-0.15, -0.1) is 0 Å². The van der Waals surface area contributed by atoms with Crippen LogP contribution in [0, 0.1) is 5.41 Å². The lowest BCUT2D eigenvalue weighted by molar-refractivity contribution is -0.0163. The molecule has 1 aromatic rings. The van der Waals surface area contributed by atoms with Crippen LogP contribution in [0.4, 0.5) is 0 Å². The van der Waals surface area contributed by atoms with Crippen LogP contribution in [0.3, 0.4) is 0 Å². The van der Waals surface area contributed by atoms with Gasteiger partial charge in [-0.25, -0.2) is 0 Å². The minimum absolute atomic E-state index is 0.0286. The SMILES string of the molecule is CC(C)(C)OCCOc1cnccc1C(=N)N. The molecule has 5 nitrogen and oxygen atoms in total. The largest absolute Gasteiger partial charge is 0.489 e. The van der Waals surface area contributed by atoms with Crippen molar-refractivity contribution in [2.45, 2.75) is 26.4 Å². The molecular formula is C12H19N3O2. The Labute approximate surface area is 101 Å². The van der Waals surface area contributed by atoms with E-state index >= 15 is 0 Å². The van der Waals surface area contributed by atoms with Crippen LogP contribution < -0.4 is 10.5 Å². The molecule has 0 fully saturated rings. The summed E-state index contributed by atoms with van der Waals surface area (Å²) in [4.78, 5) is 3.94. The maximum atomic E-state index is 7.39. The molecule has 5 heteroatoms. The number of aromatic nitrogens is 1. The fourth-order valence-corrected chi connectivity index (χ4v) is 1.22. The molecule has 1 aromatic heterocycles. The molecule has 1 rings (SSSR count). The number of nitrogens with two attached hydrogens (primary N) is 1. The van der Waals surface area contributed by atoms with Crippen molar-refractivity contribution >= 4 is 5.84 Å². The average Bonchev–Trinajstić information content (AvgIpc) is 2.23. The summed E-state index contributed by atoms with van der Waals surface area (Å²) >= 11 is 0. The molecule has 0 aliphatic rings. The van der Waals surface area contributed by atoms with Crippen molar-refractivity contribution in [3.8, 4) is 5.75 Å². The molecule has 3 N–H and O–H groups in total. The van der Waals surface area contributed by atoms with Crippen molar-refractivity contribution in [2.75, 3.05) is 13.2 Å². The number of hydrogen-bond acceptors (Lipinski definition) is 4. The smallest absolute Gasteiger partial charge is 0.148 e. The number of pyridine rings is 1. The number of ether oxygens (including phenoxy) is 2. The van der Waals surface area contributed by atoms with Gasteiger partial charge >= 0.3 is 0 Å². The molecule has 0 amide bonds. The fraction of sp³-hybridized carbons (Fsp3) is 0.500.